The van der Waals surface area contributed by atoms with Crippen LogP contribution in [0, 0.1) is 13.8 Å². The van der Waals surface area contributed by atoms with E-state index in [9.17, 15) is 0 Å². The van der Waals surface area contributed by atoms with E-state index in [2.05, 4.69) is 42.6 Å². The summed E-state index contributed by atoms with van der Waals surface area (Å²) in [4.78, 5) is 4.27. The Kier molecular flexibility index (Phi) is 3.03. The van der Waals surface area contributed by atoms with Crippen molar-refractivity contribution in [3.63, 3.8) is 0 Å². The van der Waals surface area contributed by atoms with Gasteiger partial charge in [0.25, 0.3) is 0 Å². The Morgan fingerprint density at radius 1 is 1.04 bits per heavy atom. The van der Waals surface area contributed by atoms with E-state index in [1.54, 1.807) is 13.3 Å². The van der Waals surface area contributed by atoms with E-state index in [0.717, 1.165) is 22.1 Å². The lowest BCUT2D eigenvalue weighted by Crippen LogP contribution is -1.93. The van der Waals surface area contributed by atoms with Gasteiger partial charge in [-0.2, -0.15) is 0 Å². The minimum Gasteiger partial charge on any atom is -0.497 e. The molecule has 0 unspecified atom stereocenters. The van der Waals surface area contributed by atoms with Crippen LogP contribution in [-0.2, 0) is 7.05 Å². The first-order chi connectivity index (χ1) is 11.0. The Hall–Kier alpha value is -2.26. The number of halogens is 1. The number of aryl methyl sites for hydroxylation is 3. The van der Waals surface area contributed by atoms with E-state index < -0.39 is 0 Å². The van der Waals surface area contributed by atoms with Crippen LogP contribution in [0.3, 0.4) is 0 Å². The number of ether oxygens (including phenoxy) is 1. The number of methoxy groups -OCH3 is 1. The minimum absolute atomic E-state index is 0.560. The number of rotatable bonds is 1. The Labute approximate surface area is 139 Å². The van der Waals surface area contributed by atoms with E-state index in [-0.39, 0.29) is 0 Å². The quantitative estimate of drug-likeness (QED) is 0.452. The Morgan fingerprint density at radius 2 is 1.83 bits per heavy atom. The van der Waals surface area contributed by atoms with Gasteiger partial charge in [0.15, 0.2) is 0 Å². The fraction of sp³-hybridized carbons (Fsp3) is 0.211. The lowest BCUT2D eigenvalue weighted by Gasteiger charge is -2.11. The number of hydrogen-bond donors (Lipinski definition) is 0. The standard InChI is InChI=1S/C19H17ClN2O/c1-10-13-7-8-21-19(20)17(13)11(2)16-14-9-12(23-4)5-6-15(14)22(3)18(10)16/h5-9H,1-4H3. The van der Waals surface area contributed by atoms with Gasteiger partial charge in [-0.1, -0.05) is 11.6 Å². The highest BCUT2D eigenvalue weighted by Crippen LogP contribution is 2.40. The normalized spacial score (nSPS) is 11.7. The van der Waals surface area contributed by atoms with Gasteiger partial charge in [-0.15, -0.1) is 0 Å². The van der Waals surface area contributed by atoms with E-state index in [1.165, 1.54) is 27.4 Å². The molecule has 0 aliphatic heterocycles. The monoisotopic (exact) mass is 324 g/mol. The molecule has 2 heterocycles. The van der Waals surface area contributed by atoms with Gasteiger partial charge < -0.3 is 9.30 Å². The van der Waals surface area contributed by atoms with Crippen LogP contribution in [0.2, 0.25) is 5.15 Å². The Bertz CT molecular complexity index is 1100. The van der Waals surface area contributed by atoms with Gasteiger partial charge in [0.1, 0.15) is 10.9 Å². The maximum Gasteiger partial charge on any atom is 0.137 e. The summed E-state index contributed by atoms with van der Waals surface area (Å²) in [6.45, 7) is 4.27. The molecule has 0 aliphatic carbocycles. The average Bonchev–Trinajstić information content (AvgIpc) is 2.85. The summed E-state index contributed by atoms with van der Waals surface area (Å²) in [5, 5.41) is 5.16. The maximum absolute atomic E-state index is 6.41. The summed E-state index contributed by atoms with van der Waals surface area (Å²) in [6, 6.07) is 8.25. The van der Waals surface area contributed by atoms with Crippen LogP contribution in [0.4, 0.5) is 0 Å². The van der Waals surface area contributed by atoms with Gasteiger partial charge in [-0.3, -0.25) is 0 Å². The highest BCUT2D eigenvalue weighted by molar-refractivity contribution is 6.35. The molecule has 0 saturated heterocycles. The van der Waals surface area contributed by atoms with Crippen LogP contribution in [0.1, 0.15) is 11.1 Å². The third kappa shape index (κ3) is 1.80. The molecule has 3 nitrogen and oxygen atoms in total. The molecule has 0 aliphatic rings. The summed E-state index contributed by atoms with van der Waals surface area (Å²) in [7, 11) is 3.80. The molecule has 4 heteroatoms. The summed E-state index contributed by atoms with van der Waals surface area (Å²) >= 11 is 6.41. The first kappa shape index (κ1) is 14.3. The molecular formula is C19H17ClN2O. The predicted molar refractivity (Wildman–Crippen MR) is 96.8 cm³/mol. The number of hydrogen-bond acceptors (Lipinski definition) is 2. The molecule has 116 valence electrons. The van der Waals surface area contributed by atoms with E-state index in [1.807, 2.05) is 12.1 Å². The molecule has 2 aromatic carbocycles. The van der Waals surface area contributed by atoms with Crippen LogP contribution in [-0.4, -0.2) is 16.7 Å². The van der Waals surface area contributed by atoms with Gasteiger partial charge in [0.05, 0.1) is 12.6 Å². The van der Waals surface area contributed by atoms with E-state index in [4.69, 9.17) is 16.3 Å². The second-order valence-corrected chi connectivity index (χ2v) is 6.30. The summed E-state index contributed by atoms with van der Waals surface area (Å²) < 4.78 is 7.66. The number of aromatic nitrogens is 2. The Morgan fingerprint density at radius 3 is 2.57 bits per heavy atom. The zero-order valence-electron chi connectivity index (χ0n) is 13.6. The number of nitrogens with zero attached hydrogens (tertiary/aromatic N) is 2. The molecule has 4 aromatic rings. The molecule has 0 spiro atoms. The van der Waals surface area contributed by atoms with E-state index in [0.29, 0.717) is 5.15 Å². The SMILES string of the molecule is COc1ccc2c(c1)c1c(C)c3c(Cl)nccc3c(C)c1n2C. The van der Waals surface area contributed by atoms with Crippen molar-refractivity contribution in [2.45, 2.75) is 13.8 Å². The topological polar surface area (TPSA) is 27.1 Å². The summed E-state index contributed by atoms with van der Waals surface area (Å²) in [5.74, 6) is 0.861. The first-order valence-electron chi connectivity index (χ1n) is 7.54. The molecule has 2 aromatic heterocycles. The lowest BCUT2D eigenvalue weighted by molar-refractivity contribution is 0.415. The smallest absolute Gasteiger partial charge is 0.137 e. The molecule has 0 atom stereocenters. The fourth-order valence-corrected chi connectivity index (χ4v) is 4.03. The van der Waals surface area contributed by atoms with Crippen LogP contribution >= 0.6 is 11.6 Å². The van der Waals surface area contributed by atoms with Crippen molar-refractivity contribution in [3.05, 3.63) is 46.7 Å². The maximum atomic E-state index is 6.41. The van der Waals surface area contributed by atoms with Crippen molar-refractivity contribution in [3.8, 4) is 5.75 Å². The summed E-state index contributed by atoms with van der Waals surface area (Å²) in [5.41, 5.74) is 4.81. The first-order valence-corrected chi connectivity index (χ1v) is 7.92. The molecule has 0 amide bonds. The molecule has 0 radical (unpaired) electrons. The van der Waals surface area contributed by atoms with Crippen molar-refractivity contribution >= 4 is 44.2 Å². The summed E-state index contributed by atoms with van der Waals surface area (Å²) in [6.07, 6.45) is 1.77. The molecule has 0 N–H and O–H groups in total. The van der Waals surface area contributed by atoms with Crippen LogP contribution in [0.25, 0.3) is 32.6 Å². The second kappa shape index (κ2) is 4.87. The fourth-order valence-electron chi connectivity index (χ4n) is 3.73. The molecule has 23 heavy (non-hydrogen) atoms. The van der Waals surface area contributed by atoms with Gasteiger partial charge in [-0.25, -0.2) is 4.98 Å². The zero-order valence-corrected chi connectivity index (χ0v) is 14.3. The van der Waals surface area contributed by atoms with Crippen molar-refractivity contribution in [2.24, 2.45) is 7.05 Å². The largest absolute Gasteiger partial charge is 0.497 e. The number of pyridine rings is 1. The third-order valence-electron chi connectivity index (χ3n) is 4.82. The zero-order chi connectivity index (χ0) is 16.3. The Balaban J connectivity index is 2.36. The average molecular weight is 325 g/mol. The van der Waals surface area contributed by atoms with Crippen LogP contribution in [0.15, 0.2) is 30.5 Å². The van der Waals surface area contributed by atoms with Crippen molar-refractivity contribution in [1.82, 2.24) is 9.55 Å². The van der Waals surface area contributed by atoms with Crippen molar-refractivity contribution in [1.29, 1.82) is 0 Å². The third-order valence-corrected chi connectivity index (χ3v) is 5.11. The van der Waals surface area contributed by atoms with Gasteiger partial charge in [-0.05, 0) is 54.6 Å². The molecule has 0 fully saturated rings. The van der Waals surface area contributed by atoms with Crippen molar-refractivity contribution < 1.29 is 4.74 Å². The van der Waals surface area contributed by atoms with Gasteiger partial charge in [0.2, 0.25) is 0 Å². The molecular weight excluding hydrogens is 308 g/mol. The molecule has 0 saturated carbocycles. The molecule has 4 rings (SSSR count). The highest BCUT2D eigenvalue weighted by atomic mass is 35.5. The second-order valence-electron chi connectivity index (χ2n) is 5.94. The van der Waals surface area contributed by atoms with Gasteiger partial charge >= 0.3 is 0 Å². The van der Waals surface area contributed by atoms with Crippen LogP contribution < -0.4 is 4.74 Å². The van der Waals surface area contributed by atoms with Crippen molar-refractivity contribution in [2.75, 3.05) is 7.11 Å². The molecule has 0 bridgehead atoms. The number of benzene rings is 2. The van der Waals surface area contributed by atoms with Crippen LogP contribution in [0.5, 0.6) is 5.75 Å². The van der Waals surface area contributed by atoms with E-state index >= 15 is 0 Å². The highest BCUT2D eigenvalue weighted by Gasteiger charge is 2.18. The van der Waals surface area contributed by atoms with Gasteiger partial charge in [0, 0.05) is 34.9 Å². The lowest BCUT2D eigenvalue weighted by atomic mass is 9.97. The predicted octanol–water partition coefficient (Wildman–Crippen LogP) is 5.16. The minimum atomic E-state index is 0.560. The number of fused-ring (bicyclic) bond motifs is 4.